The Balaban J connectivity index is 1.72. The van der Waals surface area contributed by atoms with Crippen LogP contribution in [0, 0.1) is 13.8 Å². The first-order chi connectivity index (χ1) is 12.9. The van der Waals surface area contributed by atoms with E-state index in [1.807, 2.05) is 19.1 Å². The fourth-order valence-corrected chi connectivity index (χ4v) is 2.67. The number of esters is 1. The zero-order chi connectivity index (χ0) is 19.6. The number of anilines is 1. The van der Waals surface area contributed by atoms with Gasteiger partial charge in [0.05, 0.1) is 7.11 Å². The Morgan fingerprint density at radius 3 is 2.44 bits per heavy atom. The third kappa shape index (κ3) is 3.95. The van der Waals surface area contributed by atoms with Crippen molar-refractivity contribution in [1.82, 2.24) is 0 Å². The van der Waals surface area contributed by atoms with Crippen molar-refractivity contribution in [2.45, 2.75) is 26.9 Å². The molecule has 1 heterocycles. The molecule has 6 nitrogen and oxygen atoms in total. The molecule has 0 saturated carbocycles. The molecule has 2 aromatic carbocycles. The topological polar surface area (TPSA) is 77.8 Å². The molecule has 0 aliphatic heterocycles. The number of furan rings is 1. The second-order valence-electron chi connectivity index (χ2n) is 6.32. The van der Waals surface area contributed by atoms with Crippen LogP contribution < -0.4 is 10.1 Å². The minimum Gasteiger partial charge on any atom is -0.497 e. The lowest BCUT2D eigenvalue weighted by molar-refractivity contribution is -0.123. The molecular formula is C21H21NO5. The molecule has 0 aliphatic rings. The lowest BCUT2D eigenvalue weighted by atomic mass is 10.1. The summed E-state index contributed by atoms with van der Waals surface area (Å²) in [7, 11) is 1.57. The molecule has 0 saturated heterocycles. The molecule has 0 radical (unpaired) electrons. The number of benzene rings is 2. The number of rotatable bonds is 5. The van der Waals surface area contributed by atoms with Crippen molar-refractivity contribution >= 4 is 28.5 Å². The number of methoxy groups -OCH3 is 1. The van der Waals surface area contributed by atoms with Crippen molar-refractivity contribution in [3.63, 3.8) is 0 Å². The van der Waals surface area contributed by atoms with Gasteiger partial charge >= 0.3 is 5.97 Å². The number of fused-ring (bicyclic) bond motifs is 1. The number of aryl methyl sites for hydroxylation is 2. The normalized spacial score (nSPS) is 11.9. The molecule has 0 fully saturated rings. The van der Waals surface area contributed by atoms with Crippen LogP contribution in [0.2, 0.25) is 0 Å². The summed E-state index contributed by atoms with van der Waals surface area (Å²) in [5, 5.41) is 3.48. The van der Waals surface area contributed by atoms with Crippen LogP contribution in [0.5, 0.6) is 5.75 Å². The fourth-order valence-electron chi connectivity index (χ4n) is 2.67. The summed E-state index contributed by atoms with van der Waals surface area (Å²) >= 11 is 0. The quantitative estimate of drug-likeness (QED) is 0.683. The van der Waals surface area contributed by atoms with E-state index in [-0.39, 0.29) is 5.76 Å². The highest BCUT2D eigenvalue weighted by Crippen LogP contribution is 2.29. The van der Waals surface area contributed by atoms with E-state index in [2.05, 4.69) is 5.32 Å². The molecule has 1 amide bonds. The number of amides is 1. The third-order valence-electron chi connectivity index (χ3n) is 4.30. The van der Waals surface area contributed by atoms with Crippen LogP contribution in [0.15, 0.2) is 46.9 Å². The fraction of sp³-hybridized carbons (Fsp3) is 0.238. The molecule has 0 bridgehead atoms. The average Bonchev–Trinajstić information content (AvgIpc) is 2.99. The highest BCUT2D eigenvalue weighted by Gasteiger charge is 2.24. The Morgan fingerprint density at radius 2 is 1.78 bits per heavy atom. The zero-order valence-corrected chi connectivity index (χ0v) is 15.7. The molecule has 0 aliphatic carbocycles. The van der Waals surface area contributed by atoms with Crippen LogP contribution in [-0.2, 0) is 9.53 Å². The maximum Gasteiger partial charge on any atom is 0.375 e. The second-order valence-corrected chi connectivity index (χ2v) is 6.32. The minimum atomic E-state index is -0.971. The summed E-state index contributed by atoms with van der Waals surface area (Å²) in [4.78, 5) is 24.7. The van der Waals surface area contributed by atoms with E-state index >= 15 is 0 Å². The third-order valence-corrected chi connectivity index (χ3v) is 4.30. The van der Waals surface area contributed by atoms with E-state index in [0.717, 1.165) is 10.9 Å². The van der Waals surface area contributed by atoms with Crippen molar-refractivity contribution in [2.75, 3.05) is 12.4 Å². The van der Waals surface area contributed by atoms with Crippen molar-refractivity contribution in [2.24, 2.45) is 0 Å². The van der Waals surface area contributed by atoms with Crippen molar-refractivity contribution in [3.05, 3.63) is 59.4 Å². The summed E-state index contributed by atoms with van der Waals surface area (Å²) in [5.41, 5.74) is 2.92. The Labute approximate surface area is 157 Å². The molecule has 1 N–H and O–H groups in total. The molecule has 1 aromatic heterocycles. The van der Waals surface area contributed by atoms with Crippen LogP contribution in [0.25, 0.3) is 11.0 Å². The molecule has 3 aromatic rings. The smallest absolute Gasteiger partial charge is 0.375 e. The highest BCUT2D eigenvalue weighted by molar-refractivity contribution is 5.99. The Hall–Kier alpha value is -3.28. The summed E-state index contributed by atoms with van der Waals surface area (Å²) in [6, 6.07) is 12.6. The van der Waals surface area contributed by atoms with Gasteiger partial charge in [0, 0.05) is 16.6 Å². The van der Waals surface area contributed by atoms with Gasteiger partial charge in [0.25, 0.3) is 5.91 Å². The lowest BCUT2D eigenvalue weighted by Gasteiger charge is -2.13. The van der Waals surface area contributed by atoms with Gasteiger partial charge in [-0.1, -0.05) is 17.7 Å². The standard InChI is InChI=1S/C21H21NO5/c1-12-5-7-15(8-6-12)22-20(23)14(3)26-21(24)19-13(2)17-11-16(25-4)9-10-18(17)27-19/h5-11,14H,1-4H3,(H,22,23)/t14-/m0/s1. The van der Waals surface area contributed by atoms with Gasteiger partial charge in [0.1, 0.15) is 11.3 Å². The molecule has 27 heavy (non-hydrogen) atoms. The van der Waals surface area contributed by atoms with E-state index in [9.17, 15) is 9.59 Å². The number of hydrogen-bond acceptors (Lipinski definition) is 5. The predicted octanol–water partition coefficient (Wildman–Crippen LogP) is 4.24. The molecule has 3 rings (SSSR count). The number of carbonyl (C=O) groups is 2. The van der Waals surface area contributed by atoms with Gasteiger partial charge in [-0.3, -0.25) is 4.79 Å². The molecule has 0 spiro atoms. The summed E-state index contributed by atoms with van der Waals surface area (Å²) < 4.78 is 16.1. The highest BCUT2D eigenvalue weighted by atomic mass is 16.6. The molecular weight excluding hydrogens is 346 g/mol. The second kappa shape index (κ2) is 7.53. The Morgan fingerprint density at radius 1 is 1.07 bits per heavy atom. The number of hydrogen-bond donors (Lipinski definition) is 1. The van der Waals surface area contributed by atoms with Gasteiger partial charge in [-0.05, 0) is 51.1 Å². The zero-order valence-electron chi connectivity index (χ0n) is 15.7. The van der Waals surface area contributed by atoms with Gasteiger partial charge in [-0.15, -0.1) is 0 Å². The molecule has 1 atom stereocenters. The van der Waals surface area contributed by atoms with Crippen LogP contribution in [-0.4, -0.2) is 25.1 Å². The van der Waals surface area contributed by atoms with Gasteiger partial charge in [0.15, 0.2) is 6.10 Å². The van der Waals surface area contributed by atoms with Gasteiger partial charge < -0.3 is 19.2 Å². The van der Waals surface area contributed by atoms with Crippen LogP contribution in [0.3, 0.4) is 0 Å². The van der Waals surface area contributed by atoms with Gasteiger partial charge in [0.2, 0.25) is 5.76 Å². The lowest BCUT2D eigenvalue weighted by Crippen LogP contribution is -2.30. The van der Waals surface area contributed by atoms with Crippen LogP contribution in [0.4, 0.5) is 5.69 Å². The molecule has 6 heteroatoms. The van der Waals surface area contributed by atoms with E-state index in [4.69, 9.17) is 13.9 Å². The van der Waals surface area contributed by atoms with Gasteiger partial charge in [-0.25, -0.2) is 4.79 Å². The maximum absolute atomic E-state index is 12.5. The van der Waals surface area contributed by atoms with E-state index in [1.165, 1.54) is 6.92 Å². The van der Waals surface area contributed by atoms with Gasteiger partial charge in [-0.2, -0.15) is 0 Å². The van der Waals surface area contributed by atoms with Crippen LogP contribution >= 0.6 is 0 Å². The van der Waals surface area contributed by atoms with E-state index < -0.39 is 18.0 Å². The van der Waals surface area contributed by atoms with Crippen LogP contribution in [0.1, 0.15) is 28.6 Å². The first kappa shape index (κ1) is 18.5. The summed E-state index contributed by atoms with van der Waals surface area (Å²) in [6.45, 7) is 5.24. The molecule has 140 valence electrons. The summed E-state index contributed by atoms with van der Waals surface area (Å²) in [5.74, 6) is -0.359. The van der Waals surface area contributed by atoms with E-state index in [0.29, 0.717) is 22.6 Å². The Bertz CT molecular complexity index is 988. The van der Waals surface area contributed by atoms with Crippen molar-refractivity contribution < 1.29 is 23.5 Å². The van der Waals surface area contributed by atoms with E-state index in [1.54, 1.807) is 44.4 Å². The maximum atomic E-state index is 12.5. The van der Waals surface area contributed by atoms with Crippen molar-refractivity contribution in [1.29, 1.82) is 0 Å². The summed E-state index contributed by atoms with van der Waals surface area (Å²) in [6.07, 6.45) is -0.971. The number of ether oxygens (including phenoxy) is 2. The van der Waals surface area contributed by atoms with Crippen molar-refractivity contribution in [3.8, 4) is 5.75 Å². The first-order valence-corrected chi connectivity index (χ1v) is 8.54. The Kier molecular flexibility index (Phi) is 5.16. The number of nitrogens with one attached hydrogen (secondary N) is 1. The SMILES string of the molecule is COc1ccc2oc(C(=O)O[C@@H](C)C(=O)Nc3ccc(C)cc3)c(C)c2c1. The number of carbonyl (C=O) groups excluding carboxylic acids is 2. The average molecular weight is 367 g/mol. The monoisotopic (exact) mass is 367 g/mol. The largest absolute Gasteiger partial charge is 0.497 e. The first-order valence-electron chi connectivity index (χ1n) is 8.54. The molecule has 0 unspecified atom stereocenters. The predicted molar refractivity (Wildman–Crippen MR) is 102 cm³/mol. The minimum absolute atomic E-state index is 0.0771.